The predicted octanol–water partition coefficient (Wildman–Crippen LogP) is 4.20. The number of hydrogen-bond acceptors (Lipinski definition) is 8. The molecular formula is C26H34N6O3S. The minimum atomic E-state index is -0.636. The van der Waals surface area contributed by atoms with Crippen molar-refractivity contribution in [2.75, 3.05) is 13.6 Å². The summed E-state index contributed by atoms with van der Waals surface area (Å²) in [6.45, 7) is 9.42. The molecule has 3 aromatic rings. The van der Waals surface area contributed by atoms with E-state index in [0.29, 0.717) is 31.6 Å². The third-order valence-electron chi connectivity index (χ3n) is 5.35. The van der Waals surface area contributed by atoms with Crippen LogP contribution < -0.4 is 5.32 Å². The molecule has 3 heterocycles. The van der Waals surface area contributed by atoms with Crippen LogP contribution in [-0.2, 0) is 22.4 Å². The third kappa shape index (κ3) is 8.08. The van der Waals surface area contributed by atoms with Crippen molar-refractivity contribution in [1.29, 1.82) is 0 Å². The summed E-state index contributed by atoms with van der Waals surface area (Å²) in [4.78, 5) is 44.8. The molecule has 0 bridgehead atoms. The summed E-state index contributed by atoms with van der Waals surface area (Å²) < 4.78 is 5.33. The zero-order valence-electron chi connectivity index (χ0n) is 21.7. The molecule has 0 radical (unpaired) electrons. The highest BCUT2D eigenvalue weighted by atomic mass is 32.1. The Labute approximate surface area is 216 Å². The van der Waals surface area contributed by atoms with Crippen molar-refractivity contribution in [2.45, 2.75) is 65.5 Å². The number of carbonyl (C=O) groups is 2. The lowest BCUT2D eigenvalue weighted by atomic mass is 10.2. The molecule has 0 saturated carbocycles. The highest BCUT2D eigenvalue weighted by Crippen LogP contribution is 2.26. The lowest BCUT2D eigenvalue weighted by Crippen LogP contribution is -2.47. The van der Waals surface area contributed by atoms with Crippen LogP contribution in [0.4, 0.5) is 4.79 Å². The molecule has 192 valence electrons. The summed E-state index contributed by atoms with van der Waals surface area (Å²) in [6.07, 6.45) is 6.96. The van der Waals surface area contributed by atoms with Crippen LogP contribution in [0.25, 0.3) is 10.4 Å². The molecule has 10 heteroatoms. The highest BCUT2D eigenvalue weighted by Gasteiger charge is 2.26. The van der Waals surface area contributed by atoms with E-state index in [1.165, 1.54) is 4.90 Å². The maximum atomic E-state index is 12.5. The van der Waals surface area contributed by atoms with Gasteiger partial charge in [-0.3, -0.25) is 14.7 Å². The van der Waals surface area contributed by atoms with Crippen LogP contribution >= 0.6 is 11.3 Å². The summed E-state index contributed by atoms with van der Waals surface area (Å²) >= 11 is 1.64. The number of likely N-dealkylation sites (N-methyl/N-ethyl adjacent to an activating group) is 1. The number of nitrogens with zero attached hydrogens (tertiary/aromatic N) is 5. The smallest absolute Gasteiger partial charge is 0.410 e. The van der Waals surface area contributed by atoms with E-state index < -0.39 is 17.7 Å². The molecule has 36 heavy (non-hydrogen) atoms. The monoisotopic (exact) mass is 510 g/mol. The predicted molar refractivity (Wildman–Crippen MR) is 140 cm³/mol. The molecule has 0 aromatic carbocycles. The van der Waals surface area contributed by atoms with Crippen LogP contribution in [0.5, 0.6) is 0 Å². The van der Waals surface area contributed by atoms with Crippen LogP contribution in [-0.4, -0.2) is 62.1 Å². The first-order chi connectivity index (χ1) is 17.0. The number of pyridine rings is 1. The summed E-state index contributed by atoms with van der Waals surface area (Å²) in [7, 11) is 1.56. The first kappa shape index (κ1) is 27.2. The van der Waals surface area contributed by atoms with E-state index >= 15 is 0 Å². The molecule has 0 unspecified atom stereocenters. The Morgan fingerprint density at radius 1 is 1.17 bits per heavy atom. The van der Waals surface area contributed by atoms with Gasteiger partial charge < -0.3 is 10.1 Å². The van der Waals surface area contributed by atoms with Crippen molar-refractivity contribution in [1.82, 2.24) is 30.2 Å². The standard InChI is InChI=1S/C26H34N6O3S/c1-17(32(6)25(34)35-26(3,4)5)24(33)28-11-7-8-20-14-21(31-18(2)30-20)15-23-29-16-22(36-23)19-9-12-27-13-10-19/h9-10,12-14,16-17H,7-8,11,15H2,1-6H3,(H,28,33)/t17-/m0/s1. The fourth-order valence-electron chi connectivity index (χ4n) is 3.41. The molecule has 0 fully saturated rings. The third-order valence-corrected chi connectivity index (χ3v) is 6.39. The van der Waals surface area contributed by atoms with Gasteiger partial charge in [-0.25, -0.2) is 19.7 Å². The second kappa shape index (κ2) is 12.0. The number of rotatable bonds is 9. The second-order valence-corrected chi connectivity index (χ2v) is 10.7. The number of hydrogen-bond donors (Lipinski definition) is 1. The van der Waals surface area contributed by atoms with Gasteiger partial charge in [0.2, 0.25) is 5.91 Å². The van der Waals surface area contributed by atoms with Gasteiger partial charge in [0.15, 0.2) is 0 Å². The van der Waals surface area contributed by atoms with Crippen LogP contribution in [0.1, 0.15) is 56.3 Å². The van der Waals surface area contributed by atoms with Crippen LogP contribution in [0, 0.1) is 6.92 Å². The number of aromatic nitrogens is 4. The van der Waals surface area contributed by atoms with Gasteiger partial charge in [-0.15, -0.1) is 11.3 Å². The second-order valence-electron chi connectivity index (χ2n) is 9.59. The summed E-state index contributed by atoms with van der Waals surface area (Å²) in [5.41, 5.74) is 2.33. The van der Waals surface area contributed by atoms with Crippen molar-refractivity contribution in [3.05, 3.63) is 59.0 Å². The maximum absolute atomic E-state index is 12.5. The average molecular weight is 511 g/mol. The van der Waals surface area contributed by atoms with Crippen molar-refractivity contribution < 1.29 is 14.3 Å². The van der Waals surface area contributed by atoms with Gasteiger partial charge in [-0.05, 0) is 71.2 Å². The molecule has 1 atom stereocenters. The van der Waals surface area contributed by atoms with E-state index in [9.17, 15) is 9.59 Å². The van der Waals surface area contributed by atoms with E-state index in [1.807, 2.05) is 31.3 Å². The first-order valence-corrected chi connectivity index (χ1v) is 12.8. The van der Waals surface area contributed by atoms with Gasteiger partial charge in [0.1, 0.15) is 17.5 Å². The fraction of sp³-hybridized carbons (Fsp3) is 0.462. The number of thiazole rings is 1. The van der Waals surface area contributed by atoms with Gasteiger partial charge >= 0.3 is 6.09 Å². The molecule has 1 N–H and O–H groups in total. The molecule has 9 nitrogen and oxygen atoms in total. The molecule has 3 aromatic heterocycles. The lowest BCUT2D eigenvalue weighted by Gasteiger charge is -2.28. The number of aryl methyl sites for hydroxylation is 2. The van der Waals surface area contributed by atoms with Crippen molar-refractivity contribution in [3.8, 4) is 10.4 Å². The van der Waals surface area contributed by atoms with Crippen LogP contribution in [0.15, 0.2) is 36.8 Å². The average Bonchev–Trinajstić information content (AvgIpc) is 3.28. The fourth-order valence-corrected chi connectivity index (χ4v) is 4.35. The largest absolute Gasteiger partial charge is 0.444 e. The Morgan fingerprint density at radius 3 is 2.56 bits per heavy atom. The Hall–Kier alpha value is -3.40. The van der Waals surface area contributed by atoms with Crippen LogP contribution in [0.2, 0.25) is 0 Å². The van der Waals surface area contributed by atoms with Crippen molar-refractivity contribution in [2.24, 2.45) is 0 Å². The van der Waals surface area contributed by atoms with Gasteiger partial charge in [-0.2, -0.15) is 0 Å². The highest BCUT2D eigenvalue weighted by molar-refractivity contribution is 7.15. The lowest BCUT2D eigenvalue weighted by molar-refractivity contribution is -0.125. The number of nitrogens with one attached hydrogen (secondary N) is 1. The van der Waals surface area contributed by atoms with Gasteiger partial charge in [-0.1, -0.05) is 0 Å². The summed E-state index contributed by atoms with van der Waals surface area (Å²) in [5, 5.41) is 3.88. The maximum Gasteiger partial charge on any atom is 0.410 e. The minimum absolute atomic E-state index is 0.225. The van der Waals surface area contributed by atoms with E-state index in [-0.39, 0.29) is 5.91 Å². The van der Waals surface area contributed by atoms with E-state index in [1.54, 1.807) is 58.5 Å². The normalized spacial score (nSPS) is 12.2. The van der Waals surface area contributed by atoms with Crippen molar-refractivity contribution in [3.63, 3.8) is 0 Å². The molecule has 3 rings (SSSR count). The van der Waals surface area contributed by atoms with E-state index in [0.717, 1.165) is 26.8 Å². The Morgan fingerprint density at radius 2 is 1.86 bits per heavy atom. The molecule has 0 aliphatic rings. The quantitative estimate of drug-likeness (QED) is 0.430. The topological polar surface area (TPSA) is 110 Å². The number of amides is 2. The van der Waals surface area contributed by atoms with Gasteiger partial charge in [0.25, 0.3) is 0 Å². The van der Waals surface area contributed by atoms with Crippen LogP contribution in [0.3, 0.4) is 0 Å². The van der Waals surface area contributed by atoms with E-state index in [4.69, 9.17) is 4.74 Å². The SMILES string of the molecule is Cc1nc(CCCNC(=O)[C@H](C)N(C)C(=O)OC(C)(C)C)cc(Cc2ncc(-c3ccncc3)s2)n1. The molecule has 0 saturated heterocycles. The summed E-state index contributed by atoms with van der Waals surface area (Å²) in [5.74, 6) is 0.488. The molecule has 0 aliphatic carbocycles. The minimum Gasteiger partial charge on any atom is -0.444 e. The molecule has 0 aliphatic heterocycles. The number of carbonyl (C=O) groups excluding carboxylic acids is 2. The Balaban J connectivity index is 1.50. The molecule has 0 spiro atoms. The Bertz CT molecular complexity index is 1180. The zero-order valence-corrected chi connectivity index (χ0v) is 22.6. The molecule has 2 amide bonds. The van der Waals surface area contributed by atoms with Crippen molar-refractivity contribution >= 4 is 23.3 Å². The summed E-state index contributed by atoms with van der Waals surface area (Å²) in [6, 6.07) is 5.31. The zero-order chi connectivity index (χ0) is 26.3. The van der Waals surface area contributed by atoms with Gasteiger partial charge in [0.05, 0.1) is 15.6 Å². The first-order valence-electron chi connectivity index (χ1n) is 11.9. The van der Waals surface area contributed by atoms with Gasteiger partial charge in [0, 0.05) is 44.3 Å². The number of ether oxygens (including phenoxy) is 1. The molecular weight excluding hydrogens is 476 g/mol. The Kier molecular flexibility index (Phi) is 9.08. The van der Waals surface area contributed by atoms with E-state index in [2.05, 4.69) is 25.3 Å².